The number of pyridine rings is 4. The highest BCUT2D eigenvalue weighted by atomic mass is 14.8. The normalized spacial score (nSPS) is 11.5. The summed E-state index contributed by atoms with van der Waals surface area (Å²) in [6.45, 7) is 0. The molecule has 0 aliphatic rings. The fourth-order valence-electron chi connectivity index (χ4n) is 4.72. The maximum absolute atomic E-state index is 5.15. The molecule has 4 heterocycles. The Morgan fingerprint density at radius 2 is 1.15 bits per heavy atom. The Morgan fingerprint density at radius 3 is 1.91 bits per heavy atom. The summed E-state index contributed by atoms with van der Waals surface area (Å²) >= 11 is 0. The van der Waals surface area contributed by atoms with E-state index in [2.05, 4.69) is 70.6 Å². The molecule has 4 heteroatoms. The molecule has 0 fully saturated rings. The largest absolute Gasteiger partial charge is 0.256 e. The number of hydrogen-bond donors (Lipinski definition) is 0. The molecule has 3 aromatic carbocycles. The number of benzene rings is 3. The van der Waals surface area contributed by atoms with Crippen molar-refractivity contribution in [3.8, 4) is 22.6 Å². The minimum atomic E-state index is 0.846. The summed E-state index contributed by atoms with van der Waals surface area (Å²) in [6.07, 6.45) is 5.52. The number of fused-ring (bicyclic) bond motifs is 7. The first kappa shape index (κ1) is 18.8. The quantitative estimate of drug-likeness (QED) is 0.213. The minimum absolute atomic E-state index is 0.846. The maximum Gasteiger partial charge on any atom is 0.0886 e. The van der Waals surface area contributed by atoms with E-state index in [4.69, 9.17) is 9.97 Å². The molecule has 0 saturated carbocycles. The summed E-state index contributed by atoms with van der Waals surface area (Å²) in [6, 6.07) is 31.1. The lowest BCUT2D eigenvalue weighted by Gasteiger charge is -2.12. The van der Waals surface area contributed by atoms with Crippen LogP contribution in [0.4, 0.5) is 0 Å². The monoisotopic (exact) mass is 434 g/mol. The molecule has 0 radical (unpaired) electrons. The van der Waals surface area contributed by atoms with Crippen molar-refractivity contribution in [1.29, 1.82) is 0 Å². The van der Waals surface area contributed by atoms with Crippen LogP contribution in [0.5, 0.6) is 0 Å². The Hall–Kier alpha value is -4.70. The van der Waals surface area contributed by atoms with Gasteiger partial charge in [-0.3, -0.25) is 15.0 Å². The molecule has 0 spiro atoms. The Kier molecular flexibility index (Phi) is 4.11. The van der Waals surface area contributed by atoms with Gasteiger partial charge in [-0.25, -0.2) is 4.98 Å². The van der Waals surface area contributed by atoms with E-state index in [1.165, 1.54) is 10.8 Å². The fraction of sp³-hybridized carbons (Fsp3) is 0. The third kappa shape index (κ3) is 2.93. The van der Waals surface area contributed by atoms with Crippen molar-refractivity contribution in [3.63, 3.8) is 0 Å². The lowest BCUT2D eigenvalue weighted by atomic mass is 9.96. The highest BCUT2D eigenvalue weighted by Crippen LogP contribution is 2.36. The first-order valence-corrected chi connectivity index (χ1v) is 11.2. The number of aromatic nitrogens is 4. The first-order valence-electron chi connectivity index (χ1n) is 11.2. The SMILES string of the molecule is c1ccc(-c2ccc(-c3ccc4c5cccnc5c5cc6ccccc6cc5c4n3)cn2)nc1. The second kappa shape index (κ2) is 7.42. The third-order valence-corrected chi connectivity index (χ3v) is 6.38. The van der Waals surface area contributed by atoms with Crippen molar-refractivity contribution in [3.05, 3.63) is 110 Å². The molecule has 7 rings (SSSR count). The summed E-state index contributed by atoms with van der Waals surface area (Å²) < 4.78 is 0. The lowest BCUT2D eigenvalue weighted by molar-refractivity contribution is 1.24. The third-order valence-electron chi connectivity index (χ3n) is 6.38. The van der Waals surface area contributed by atoms with Crippen LogP contribution in [0.2, 0.25) is 0 Å². The van der Waals surface area contributed by atoms with Gasteiger partial charge >= 0.3 is 0 Å². The predicted molar refractivity (Wildman–Crippen MR) is 139 cm³/mol. The maximum atomic E-state index is 5.15. The zero-order chi connectivity index (χ0) is 22.5. The first-order chi connectivity index (χ1) is 16.8. The van der Waals surface area contributed by atoms with Gasteiger partial charge in [-0.2, -0.15) is 0 Å². The van der Waals surface area contributed by atoms with Crippen LogP contribution in [-0.2, 0) is 0 Å². The van der Waals surface area contributed by atoms with Crippen molar-refractivity contribution < 1.29 is 0 Å². The van der Waals surface area contributed by atoms with E-state index in [-0.39, 0.29) is 0 Å². The molecule has 4 aromatic heterocycles. The Bertz CT molecular complexity index is 1840. The van der Waals surface area contributed by atoms with Crippen LogP contribution in [0.3, 0.4) is 0 Å². The zero-order valence-corrected chi connectivity index (χ0v) is 18.2. The molecule has 0 N–H and O–H groups in total. The van der Waals surface area contributed by atoms with Crippen LogP contribution in [-0.4, -0.2) is 19.9 Å². The molecular weight excluding hydrogens is 416 g/mol. The van der Waals surface area contributed by atoms with Crippen LogP contribution in [0.25, 0.3) is 66.0 Å². The summed E-state index contributed by atoms with van der Waals surface area (Å²) in [7, 11) is 0. The van der Waals surface area contributed by atoms with Gasteiger partial charge in [0.15, 0.2) is 0 Å². The highest BCUT2D eigenvalue weighted by Gasteiger charge is 2.13. The van der Waals surface area contributed by atoms with Gasteiger partial charge in [0.1, 0.15) is 0 Å². The van der Waals surface area contributed by atoms with E-state index in [9.17, 15) is 0 Å². The predicted octanol–water partition coefficient (Wildman–Crippen LogP) is 7.21. The number of hydrogen-bond acceptors (Lipinski definition) is 4. The Morgan fingerprint density at radius 1 is 0.441 bits per heavy atom. The molecule has 0 atom stereocenters. The molecule has 4 nitrogen and oxygen atoms in total. The molecule has 0 aliphatic carbocycles. The van der Waals surface area contributed by atoms with Gasteiger partial charge in [-0.05, 0) is 65.4 Å². The van der Waals surface area contributed by atoms with Gasteiger partial charge < -0.3 is 0 Å². The molecule has 0 bridgehead atoms. The second-order valence-corrected chi connectivity index (χ2v) is 8.38. The Balaban J connectivity index is 1.48. The van der Waals surface area contributed by atoms with Crippen molar-refractivity contribution in [2.75, 3.05) is 0 Å². The van der Waals surface area contributed by atoms with Gasteiger partial charge in [0.25, 0.3) is 0 Å². The standard InChI is InChI=1S/C30H18N4/c1-2-7-20-17-25-24(16-19(20)6-1)29-22(8-5-15-32-29)23-11-13-26(34-30(23)25)21-10-12-28(33-18-21)27-9-3-4-14-31-27/h1-18H. The van der Waals surface area contributed by atoms with Crippen molar-refractivity contribution in [2.45, 2.75) is 0 Å². The van der Waals surface area contributed by atoms with Gasteiger partial charge in [0, 0.05) is 45.7 Å². The van der Waals surface area contributed by atoms with E-state index < -0.39 is 0 Å². The average molecular weight is 435 g/mol. The lowest BCUT2D eigenvalue weighted by Crippen LogP contribution is -1.92. The van der Waals surface area contributed by atoms with Crippen molar-refractivity contribution in [2.24, 2.45) is 0 Å². The number of rotatable bonds is 2. The average Bonchev–Trinajstić information content (AvgIpc) is 2.92. The van der Waals surface area contributed by atoms with Gasteiger partial charge in [0.05, 0.1) is 28.1 Å². The molecule has 0 saturated heterocycles. The highest BCUT2D eigenvalue weighted by molar-refractivity contribution is 6.25. The van der Waals surface area contributed by atoms with Gasteiger partial charge in [0.2, 0.25) is 0 Å². The van der Waals surface area contributed by atoms with Crippen LogP contribution >= 0.6 is 0 Å². The summed E-state index contributed by atoms with van der Waals surface area (Å²) in [5, 5.41) is 6.84. The van der Waals surface area contributed by atoms with Crippen molar-refractivity contribution >= 4 is 43.4 Å². The van der Waals surface area contributed by atoms with E-state index in [1.807, 2.05) is 42.7 Å². The van der Waals surface area contributed by atoms with Crippen LogP contribution in [0, 0.1) is 0 Å². The number of nitrogens with zero attached hydrogens (tertiary/aromatic N) is 4. The minimum Gasteiger partial charge on any atom is -0.256 e. The van der Waals surface area contributed by atoms with Crippen LogP contribution < -0.4 is 0 Å². The summed E-state index contributed by atoms with van der Waals surface area (Å²) in [5.74, 6) is 0. The second-order valence-electron chi connectivity index (χ2n) is 8.38. The van der Waals surface area contributed by atoms with E-state index in [0.29, 0.717) is 0 Å². The molecule has 7 aromatic rings. The van der Waals surface area contributed by atoms with Crippen molar-refractivity contribution in [1.82, 2.24) is 19.9 Å². The summed E-state index contributed by atoms with van der Waals surface area (Å²) in [4.78, 5) is 18.9. The van der Waals surface area contributed by atoms with E-state index in [0.717, 1.165) is 55.2 Å². The molecule has 0 aliphatic heterocycles. The molecular formula is C30H18N4. The van der Waals surface area contributed by atoms with E-state index in [1.54, 1.807) is 6.20 Å². The molecule has 158 valence electrons. The van der Waals surface area contributed by atoms with Crippen LogP contribution in [0.1, 0.15) is 0 Å². The molecule has 34 heavy (non-hydrogen) atoms. The topological polar surface area (TPSA) is 51.6 Å². The smallest absolute Gasteiger partial charge is 0.0886 e. The zero-order valence-electron chi connectivity index (χ0n) is 18.2. The molecule has 0 amide bonds. The Labute approximate surface area is 195 Å². The van der Waals surface area contributed by atoms with Crippen LogP contribution in [0.15, 0.2) is 110 Å². The fourth-order valence-corrected chi connectivity index (χ4v) is 4.72. The summed E-state index contributed by atoms with van der Waals surface area (Å²) in [5.41, 5.74) is 5.56. The van der Waals surface area contributed by atoms with Gasteiger partial charge in [-0.1, -0.05) is 36.4 Å². The molecule has 0 unspecified atom stereocenters. The van der Waals surface area contributed by atoms with E-state index >= 15 is 0 Å². The van der Waals surface area contributed by atoms with Gasteiger partial charge in [-0.15, -0.1) is 0 Å².